The zero-order valence-corrected chi connectivity index (χ0v) is 24.3. The fraction of sp³-hybridized carbons (Fsp3) is 0.211. The molecule has 0 saturated carbocycles. The van der Waals surface area contributed by atoms with E-state index < -0.39 is 16.8 Å². The van der Waals surface area contributed by atoms with E-state index in [9.17, 15) is 14.7 Å². The highest BCUT2D eigenvalue weighted by molar-refractivity contribution is 5.96. The minimum atomic E-state index is -0.946. The van der Waals surface area contributed by atoms with Gasteiger partial charge in [0.1, 0.15) is 0 Å². The van der Waals surface area contributed by atoms with Crippen molar-refractivity contribution >= 4 is 39.3 Å². The molecule has 3 aliphatic rings. The number of para-hydroxylation sites is 2. The summed E-state index contributed by atoms with van der Waals surface area (Å²) in [6.45, 7) is 0. The summed E-state index contributed by atoms with van der Waals surface area (Å²) < 4.78 is 5.35. The van der Waals surface area contributed by atoms with E-state index in [0.717, 1.165) is 79.4 Å². The Balaban J connectivity index is 1.46. The number of carbonyl (C=O) groups excluding carboxylic acids is 1. The highest BCUT2D eigenvalue weighted by Crippen LogP contribution is 2.63. The van der Waals surface area contributed by atoms with Gasteiger partial charge in [-0.2, -0.15) is 0 Å². The van der Waals surface area contributed by atoms with Gasteiger partial charge >= 0.3 is 11.9 Å². The van der Waals surface area contributed by atoms with Gasteiger partial charge in [0, 0.05) is 32.7 Å². The number of aliphatic carboxylic acids is 1. The Kier molecular flexibility index (Phi) is 5.85. The third-order valence-corrected chi connectivity index (χ3v) is 9.83. The second-order valence-electron chi connectivity index (χ2n) is 12.2. The van der Waals surface area contributed by atoms with E-state index in [-0.39, 0.29) is 18.8 Å². The minimum Gasteiger partial charge on any atom is -0.481 e. The molecule has 6 nitrogen and oxygen atoms in total. The van der Waals surface area contributed by atoms with E-state index in [4.69, 9.17) is 14.7 Å². The molecular weight excluding hydrogens is 548 g/mol. The highest BCUT2D eigenvalue weighted by atomic mass is 16.5. The number of hydrogen-bond acceptors (Lipinski definition) is 5. The standard InChI is InChI=1S/C38H30N2O4/c1-44-34(43)21-38(28-15-7-5-13-26(28)36-30(38)19-24-11-3-9-17-32(24)40-36)22-37(20-33(41)42)27-14-6-4-12-25(27)35-29(37)18-23-10-2-8-16-31(23)39-35/h2-3,5,7-19H,4,6,20-22H2,1H3,(H,41,42). The van der Waals surface area contributed by atoms with E-state index >= 15 is 0 Å². The molecule has 2 aromatic heterocycles. The lowest BCUT2D eigenvalue weighted by Crippen LogP contribution is -2.41. The quantitative estimate of drug-likeness (QED) is 0.210. The number of ether oxygens (including phenoxy) is 1. The third kappa shape index (κ3) is 3.73. The summed E-state index contributed by atoms with van der Waals surface area (Å²) in [5.74, 6) is -1.25. The Morgan fingerprint density at radius 2 is 1.36 bits per heavy atom. The Labute approximate surface area is 254 Å². The molecule has 2 unspecified atom stereocenters. The smallest absolute Gasteiger partial charge is 0.306 e. The second-order valence-corrected chi connectivity index (χ2v) is 12.2. The number of esters is 1. The van der Waals surface area contributed by atoms with Crippen molar-refractivity contribution in [2.45, 2.75) is 42.9 Å². The minimum absolute atomic E-state index is 0.0531. The Morgan fingerprint density at radius 1 is 0.750 bits per heavy atom. The van der Waals surface area contributed by atoms with Crippen LogP contribution in [0.1, 0.15) is 54.5 Å². The van der Waals surface area contributed by atoms with E-state index in [1.54, 1.807) is 0 Å². The summed E-state index contributed by atoms with van der Waals surface area (Å²) in [6, 6.07) is 28.4. The van der Waals surface area contributed by atoms with Gasteiger partial charge in [0.25, 0.3) is 0 Å². The van der Waals surface area contributed by atoms with Crippen molar-refractivity contribution in [2.75, 3.05) is 7.11 Å². The van der Waals surface area contributed by atoms with Crippen molar-refractivity contribution in [1.29, 1.82) is 0 Å². The van der Waals surface area contributed by atoms with Crippen molar-refractivity contribution in [1.82, 2.24) is 9.97 Å². The normalized spacial score (nSPS) is 21.2. The van der Waals surface area contributed by atoms with Crippen LogP contribution in [-0.4, -0.2) is 34.1 Å². The Morgan fingerprint density at radius 3 is 2.07 bits per heavy atom. The van der Waals surface area contributed by atoms with Gasteiger partial charge in [0.05, 0.1) is 42.4 Å². The summed E-state index contributed by atoms with van der Waals surface area (Å²) in [5, 5.41) is 12.5. The van der Waals surface area contributed by atoms with E-state index in [1.165, 1.54) is 7.11 Å². The monoisotopic (exact) mass is 578 g/mol. The summed E-state index contributed by atoms with van der Waals surface area (Å²) in [4.78, 5) is 36.7. The molecule has 3 aliphatic carbocycles. The van der Waals surface area contributed by atoms with Crippen molar-refractivity contribution in [3.63, 3.8) is 0 Å². The zero-order chi connectivity index (χ0) is 30.1. The molecular formula is C38H30N2O4. The van der Waals surface area contributed by atoms with E-state index in [1.807, 2.05) is 60.7 Å². The first kappa shape index (κ1) is 26.5. The maximum Gasteiger partial charge on any atom is 0.306 e. The zero-order valence-electron chi connectivity index (χ0n) is 24.3. The molecule has 0 spiro atoms. The molecule has 0 radical (unpaired) electrons. The average Bonchev–Trinajstić information content (AvgIpc) is 3.44. The summed E-state index contributed by atoms with van der Waals surface area (Å²) in [5.41, 5.74) is 7.34. The van der Waals surface area contributed by atoms with Gasteiger partial charge in [-0.05, 0) is 65.8 Å². The number of fused-ring (bicyclic) bond motifs is 8. The maximum atomic E-state index is 13.5. The van der Waals surface area contributed by atoms with Crippen LogP contribution in [0.2, 0.25) is 0 Å². The number of carboxylic acid groups (broad SMARTS) is 1. The number of carboxylic acids is 1. The van der Waals surface area contributed by atoms with E-state index in [0.29, 0.717) is 6.42 Å². The molecule has 0 amide bonds. The molecule has 1 N–H and O–H groups in total. The molecule has 0 aliphatic heterocycles. The molecule has 3 aromatic carbocycles. The van der Waals surface area contributed by atoms with Gasteiger partial charge in [0.2, 0.25) is 0 Å². The topological polar surface area (TPSA) is 89.4 Å². The molecule has 44 heavy (non-hydrogen) atoms. The predicted octanol–water partition coefficient (Wildman–Crippen LogP) is 7.53. The molecule has 0 bridgehead atoms. The van der Waals surface area contributed by atoms with Gasteiger partial charge < -0.3 is 9.84 Å². The van der Waals surface area contributed by atoms with Crippen LogP contribution < -0.4 is 0 Å². The molecule has 8 rings (SSSR count). The predicted molar refractivity (Wildman–Crippen MR) is 170 cm³/mol. The molecule has 6 heteroatoms. The van der Waals surface area contributed by atoms with Crippen molar-refractivity contribution in [2.24, 2.45) is 0 Å². The number of benzene rings is 3. The molecule has 216 valence electrons. The largest absolute Gasteiger partial charge is 0.481 e. The fourth-order valence-electron chi connectivity index (χ4n) is 8.10. The number of carbonyl (C=O) groups is 2. The SMILES string of the molecule is COC(=O)CC1(CC2(CC(=O)O)C3=CCCC=C3c3nc4ccccc4cc32)c2ccccc2-c2nc3ccccc3cc21. The summed E-state index contributed by atoms with van der Waals surface area (Å²) in [7, 11) is 1.41. The maximum absolute atomic E-state index is 13.5. The molecule has 5 aromatic rings. The lowest BCUT2D eigenvalue weighted by atomic mass is 9.60. The Hall–Kier alpha value is -5.10. The van der Waals surface area contributed by atoms with Gasteiger partial charge in [-0.1, -0.05) is 72.8 Å². The number of rotatable bonds is 6. The van der Waals surface area contributed by atoms with Crippen LogP contribution in [0.25, 0.3) is 38.6 Å². The van der Waals surface area contributed by atoms with Gasteiger partial charge in [-0.15, -0.1) is 0 Å². The molecule has 2 atom stereocenters. The van der Waals surface area contributed by atoms with Crippen molar-refractivity contribution < 1.29 is 19.4 Å². The van der Waals surface area contributed by atoms with Gasteiger partial charge in [-0.25, -0.2) is 9.97 Å². The van der Waals surface area contributed by atoms with Gasteiger partial charge in [0.15, 0.2) is 0 Å². The Bertz CT molecular complexity index is 2110. The van der Waals surface area contributed by atoms with Gasteiger partial charge in [-0.3, -0.25) is 9.59 Å². The summed E-state index contributed by atoms with van der Waals surface area (Å²) >= 11 is 0. The third-order valence-electron chi connectivity index (χ3n) is 9.83. The van der Waals surface area contributed by atoms with Crippen LogP contribution in [0.5, 0.6) is 0 Å². The highest BCUT2D eigenvalue weighted by Gasteiger charge is 2.56. The number of aromatic nitrogens is 2. The number of allylic oxidation sites excluding steroid dienone is 4. The van der Waals surface area contributed by atoms with Crippen molar-refractivity contribution in [3.05, 3.63) is 125 Å². The van der Waals surface area contributed by atoms with Crippen LogP contribution in [0.15, 0.2) is 103 Å². The molecule has 0 fully saturated rings. The van der Waals surface area contributed by atoms with E-state index in [2.05, 4.69) is 36.4 Å². The number of hydrogen-bond donors (Lipinski definition) is 1. The van der Waals surface area contributed by atoms with Crippen LogP contribution in [0, 0.1) is 0 Å². The lowest BCUT2D eigenvalue weighted by molar-refractivity contribution is -0.141. The second kappa shape index (κ2) is 9.71. The number of nitrogens with zero attached hydrogens (tertiary/aromatic N) is 2. The molecule has 0 saturated heterocycles. The number of pyridine rings is 2. The first-order valence-electron chi connectivity index (χ1n) is 15.0. The lowest BCUT2D eigenvalue weighted by Gasteiger charge is -2.41. The first-order chi connectivity index (χ1) is 21.4. The van der Waals surface area contributed by atoms with Crippen LogP contribution in [0.4, 0.5) is 0 Å². The van der Waals surface area contributed by atoms with Crippen LogP contribution >= 0.6 is 0 Å². The van der Waals surface area contributed by atoms with Crippen LogP contribution in [0.3, 0.4) is 0 Å². The van der Waals surface area contributed by atoms with Crippen LogP contribution in [-0.2, 0) is 25.2 Å². The fourth-order valence-corrected chi connectivity index (χ4v) is 8.10. The number of methoxy groups -OCH3 is 1. The summed E-state index contributed by atoms with van der Waals surface area (Å²) in [6.07, 6.45) is 6.36. The first-order valence-corrected chi connectivity index (χ1v) is 15.0. The average molecular weight is 579 g/mol. The van der Waals surface area contributed by atoms with Crippen molar-refractivity contribution in [3.8, 4) is 11.3 Å². The molecule has 2 heterocycles.